The van der Waals surface area contributed by atoms with Crippen molar-refractivity contribution in [2.45, 2.75) is 18.0 Å². The molecule has 0 atom stereocenters. The average Bonchev–Trinajstić information content (AvgIpc) is 2.90. The van der Waals surface area contributed by atoms with Crippen LogP contribution in [-0.4, -0.2) is 8.42 Å². The number of furan rings is 1. The van der Waals surface area contributed by atoms with Gasteiger partial charge in [0.2, 0.25) is 10.0 Å². The second-order valence-electron chi connectivity index (χ2n) is 3.75. The quantitative estimate of drug-likeness (QED) is 0.852. The van der Waals surface area contributed by atoms with E-state index in [0.29, 0.717) is 12.3 Å². The Morgan fingerprint density at radius 2 is 1.89 bits per heavy atom. The van der Waals surface area contributed by atoms with Gasteiger partial charge in [0.05, 0.1) is 17.7 Å². The summed E-state index contributed by atoms with van der Waals surface area (Å²) in [7, 11) is -3.51. The number of rotatable bonds is 5. The molecule has 0 bridgehead atoms. The third-order valence-electron chi connectivity index (χ3n) is 2.49. The largest absolute Gasteiger partial charge is 0.468 e. The van der Waals surface area contributed by atoms with E-state index in [1.54, 1.807) is 24.3 Å². The molecule has 96 valence electrons. The predicted molar refractivity (Wildman–Crippen MR) is 67.1 cm³/mol. The zero-order valence-electron chi connectivity index (χ0n) is 9.67. The van der Waals surface area contributed by atoms with Crippen LogP contribution < -0.4 is 10.5 Å². The van der Waals surface area contributed by atoms with Gasteiger partial charge in [0, 0.05) is 6.54 Å². The van der Waals surface area contributed by atoms with Gasteiger partial charge >= 0.3 is 0 Å². The highest BCUT2D eigenvalue weighted by Gasteiger charge is 2.13. The molecule has 1 aromatic carbocycles. The highest BCUT2D eigenvalue weighted by molar-refractivity contribution is 7.89. The SMILES string of the molecule is NCc1ccc(S(=O)(=O)NCc2ccco2)cc1. The van der Waals surface area contributed by atoms with Gasteiger partial charge in [0.15, 0.2) is 0 Å². The van der Waals surface area contributed by atoms with Crippen LogP contribution in [-0.2, 0) is 23.1 Å². The van der Waals surface area contributed by atoms with Crippen LogP contribution in [0, 0.1) is 0 Å². The average molecular weight is 266 g/mol. The van der Waals surface area contributed by atoms with E-state index in [2.05, 4.69) is 4.72 Å². The molecule has 0 unspecified atom stereocenters. The van der Waals surface area contributed by atoms with E-state index in [0.717, 1.165) is 5.56 Å². The summed E-state index contributed by atoms with van der Waals surface area (Å²) in [5.74, 6) is 0.567. The lowest BCUT2D eigenvalue weighted by molar-refractivity contribution is 0.498. The second kappa shape index (κ2) is 5.34. The van der Waals surface area contributed by atoms with Crippen LogP contribution in [0.5, 0.6) is 0 Å². The predicted octanol–water partition coefficient (Wildman–Crippen LogP) is 1.22. The molecule has 0 aliphatic heterocycles. The van der Waals surface area contributed by atoms with Crippen LogP contribution in [0.3, 0.4) is 0 Å². The van der Waals surface area contributed by atoms with Gasteiger partial charge in [-0.15, -0.1) is 0 Å². The van der Waals surface area contributed by atoms with Crippen molar-refractivity contribution < 1.29 is 12.8 Å². The monoisotopic (exact) mass is 266 g/mol. The zero-order chi connectivity index (χ0) is 13.0. The first-order valence-electron chi connectivity index (χ1n) is 5.43. The van der Waals surface area contributed by atoms with Gasteiger partial charge in [-0.25, -0.2) is 13.1 Å². The maximum atomic E-state index is 11.9. The summed E-state index contributed by atoms with van der Waals surface area (Å²) < 4.78 is 31.4. The second-order valence-corrected chi connectivity index (χ2v) is 5.52. The van der Waals surface area contributed by atoms with E-state index < -0.39 is 10.0 Å². The lowest BCUT2D eigenvalue weighted by atomic mass is 10.2. The summed E-state index contributed by atoms with van der Waals surface area (Å²) in [6.07, 6.45) is 1.50. The van der Waals surface area contributed by atoms with Crippen LogP contribution in [0.4, 0.5) is 0 Å². The molecule has 3 N–H and O–H groups in total. The van der Waals surface area contributed by atoms with E-state index >= 15 is 0 Å². The molecule has 0 radical (unpaired) electrons. The Balaban J connectivity index is 2.09. The van der Waals surface area contributed by atoms with Crippen molar-refractivity contribution in [3.63, 3.8) is 0 Å². The molecule has 6 heteroatoms. The fourth-order valence-electron chi connectivity index (χ4n) is 1.47. The molecule has 0 aliphatic carbocycles. The van der Waals surface area contributed by atoms with Crippen LogP contribution in [0.15, 0.2) is 52.0 Å². The zero-order valence-corrected chi connectivity index (χ0v) is 10.5. The lowest BCUT2D eigenvalue weighted by Gasteiger charge is -2.06. The highest BCUT2D eigenvalue weighted by atomic mass is 32.2. The fraction of sp³-hybridized carbons (Fsp3) is 0.167. The lowest BCUT2D eigenvalue weighted by Crippen LogP contribution is -2.23. The third kappa shape index (κ3) is 2.98. The minimum Gasteiger partial charge on any atom is -0.468 e. The van der Waals surface area contributed by atoms with Crippen LogP contribution in [0.1, 0.15) is 11.3 Å². The Kier molecular flexibility index (Phi) is 3.81. The molecule has 0 fully saturated rings. The number of hydrogen-bond acceptors (Lipinski definition) is 4. The number of nitrogens with one attached hydrogen (secondary N) is 1. The smallest absolute Gasteiger partial charge is 0.240 e. The van der Waals surface area contributed by atoms with E-state index in [1.165, 1.54) is 18.4 Å². The van der Waals surface area contributed by atoms with Crippen molar-refractivity contribution in [3.8, 4) is 0 Å². The molecule has 0 saturated heterocycles. The fourth-order valence-corrected chi connectivity index (χ4v) is 2.46. The summed E-state index contributed by atoms with van der Waals surface area (Å²) in [5, 5.41) is 0. The molecule has 2 aromatic rings. The van der Waals surface area contributed by atoms with Crippen molar-refractivity contribution in [2.24, 2.45) is 5.73 Å². The number of hydrogen-bond donors (Lipinski definition) is 2. The topological polar surface area (TPSA) is 85.3 Å². The van der Waals surface area contributed by atoms with Crippen LogP contribution in [0.2, 0.25) is 0 Å². The summed E-state index contributed by atoms with van der Waals surface area (Å²) >= 11 is 0. The first-order valence-corrected chi connectivity index (χ1v) is 6.91. The Hall–Kier alpha value is -1.63. The van der Waals surface area contributed by atoms with Gasteiger partial charge in [0.1, 0.15) is 5.76 Å². The summed E-state index contributed by atoms with van der Waals surface area (Å²) in [6, 6.07) is 9.88. The van der Waals surface area contributed by atoms with E-state index in [-0.39, 0.29) is 11.4 Å². The molecular weight excluding hydrogens is 252 g/mol. The summed E-state index contributed by atoms with van der Waals surface area (Å²) in [4.78, 5) is 0.214. The Labute approximate surface area is 106 Å². The number of benzene rings is 1. The Morgan fingerprint density at radius 1 is 1.17 bits per heavy atom. The van der Waals surface area contributed by atoms with Gasteiger partial charge in [-0.3, -0.25) is 0 Å². The number of nitrogens with two attached hydrogens (primary N) is 1. The molecule has 2 rings (SSSR count). The van der Waals surface area contributed by atoms with E-state index in [1.807, 2.05) is 0 Å². The molecule has 1 heterocycles. The first kappa shape index (κ1) is 12.8. The minimum atomic E-state index is -3.51. The third-order valence-corrected chi connectivity index (χ3v) is 3.90. The van der Waals surface area contributed by atoms with Crippen molar-refractivity contribution in [1.82, 2.24) is 4.72 Å². The van der Waals surface area contributed by atoms with Crippen molar-refractivity contribution in [3.05, 3.63) is 54.0 Å². The maximum absolute atomic E-state index is 11.9. The first-order chi connectivity index (χ1) is 8.62. The van der Waals surface area contributed by atoms with Crippen LogP contribution in [0.25, 0.3) is 0 Å². The molecule has 5 nitrogen and oxygen atoms in total. The summed E-state index contributed by atoms with van der Waals surface area (Å²) in [5.41, 5.74) is 6.34. The van der Waals surface area contributed by atoms with Gasteiger partial charge in [-0.05, 0) is 29.8 Å². The summed E-state index contributed by atoms with van der Waals surface area (Å²) in [6.45, 7) is 0.522. The van der Waals surface area contributed by atoms with Crippen molar-refractivity contribution >= 4 is 10.0 Å². The molecule has 0 spiro atoms. The van der Waals surface area contributed by atoms with Gasteiger partial charge in [-0.2, -0.15) is 0 Å². The Morgan fingerprint density at radius 3 is 2.44 bits per heavy atom. The molecule has 1 aromatic heterocycles. The Bertz CT molecular complexity index is 589. The maximum Gasteiger partial charge on any atom is 0.240 e. The van der Waals surface area contributed by atoms with E-state index in [4.69, 9.17) is 10.2 Å². The molecule has 18 heavy (non-hydrogen) atoms. The van der Waals surface area contributed by atoms with Gasteiger partial charge in [-0.1, -0.05) is 12.1 Å². The highest BCUT2D eigenvalue weighted by Crippen LogP contribution is 2.11. The minimum absolute atomic E-state index is 0.133. The molecule has 0 aliphatic rings. The van der Waals surface area contributed by atoms with Crippen molar-refractivity contribution in [2.75, 3.05) is 0 Å². The standard InChI is InChI=1S/C12H14N2O3S/c13-8-10-3-5-12(6-4-10)18(15,16)14-9-11-2-1-7-17-11/h1-7,14H,8-9,13H2. The van der Waals surface area contributed by atoms with E-state index in [9.17, 15) is 8.42 Å². The van der Waals surface area contributed by atoms with Crippen LogP contribution >= 0.6 is 0 Å². The van der Waals surface area contributed by atoms with Gasteiger partial charge in [0.25, 0.3) is 0 Å². The van der Waals surface area contributed by atoms with Gasteiger partial charge < -0.3 is 10.2 Å². The molecular formula is C12H14N2O3S. The molecule has 0 amide bonds. The normalized spacial score (nSPS) is 11.6. The van der Waals surface area contributed by atoms with Crippen molar-refractivity contribution in [1.29, 1.82) is 0 Å². The molecule has 0 saturated carbocycles. The number of sulfonamides is 1.